The first-order valence-electron chi connectivity index (χ1n) is 6.80. The fourth-order valence-electron chi connectivity index (χ4n) is 1.92. The summed E-state index contributed by atoms with van der Waals surface area (Å²) < 4.78 is 0. The monoisotopic (exact) mass is 310 g/mol. The number of anilines is 1. The maximum Gasteiger partial charge on any atom is 0.270 e. The summed E-state index contributed by atoms with van der Waals surface area (Å²) in [5.41, 5.74) is 1.58. The molecule has 0 aliphatic heterocycles. The maximum atomic E-state index is 12.0. The first-order valence-corrected chi connectivity index (χ1v) is 6.80. The van der Waals surface area contributed by atoms with Gasteiger partial charge in [-0.1, -0.05) is 30.3 Å². The summed E-state index contributed by atoms with van der Waals surface area (Å²) in [7, 11) is 0. The molecule has 0 fully saturated rings. The van der Waals surface area contributed by atoms with Crippen molar-refractivity contribution >= 4 is 29.1 Å². The molecule has 2 aromatic carbocycles. The second kappa shape index (κ2) is 7.13. The van der Waals surface area contributed by atoms with Crippen molar-refractivity contribution in [2.75, 3.05) is 5.32 Å². The Bertz CT molecular complexity index is 779. The van der Waals surface area contributed by atoms with Crippen LogP contribution in [0.2, 0.25) is 0 Å². The van der Waals surface area contributed by atoms with Crippen LogP contribution in [0, 0.1) is 10.1 Å². The van der Waals surface area contributed by atoms with Crippen LogP contribution < -0.4 is 5.32 Å². The molecule has 0 radical (unpaired) electrons. The molecule has 0 spiro atoms. The van der Waals surface area contributed by atoms with Crippen molar-refractivity contribution in [1.82, 2.24) is 0 Å². The van der Waals surface area contributed by atoms with Crippen LogP contribution in [0.1, 0.15) is 22.8 Å². The van der Waals surface area contributed by atoms with Gasteiger partial charge in [-0.25, -0.2) is 0 Å². The van der Waals surface area contributed by atoms with Crippen molar-refractivity contribution < 1.29 is 14.5 Å². The van der Waals surface area contributed by atoms with Crippen LogP contribution in [0.5, 0.6) is 0 Å². The number of non-ortho nitro benzene ring substituents is 1. The van der Waals surface area contributed by atoms with E-state index in [1.54, 1.807) is 30.3 Å². The van der Waals surface area contributed by atoms with Gasteiger partial charge in [0.1, 0.15) is 0 Å². The number of nitrogens with one attached hydrogen (secondary N) is 1. The average molecular weight is 310 g/mol. The van der Waals surface area contributed by atoms with Gasteiger partial charge in [-0.15, -0.1) is 0 Å². The van der Waals surface area contributed by atoms with Gasteiger partial charge >= 0.3 is 0 Å². The van der Waals surface area contributed by atoms with E-state index in [4.69, 9.17) is 0 Å². The molecule has 1 N–H and O–H groups in total. The fourth-order valence-corrected chi connectivity index (χ4v) is 1.92. The molecule has 6 heteroatoms. The Kier molecular flexibility index (Phi) is 4.99. The Balaban J connectivity index is 2.10. The number of carbonyl (C=O) groups is 2. The van der Waals surface area contributed by atoms with E-state index < -0.39 is 4.92 Å². The van der Waals surface area contributed by atoms with Crippen molar-refractivity contribution in [2.45, 2.75) is 6.92 Å². The third-order valence-corrected chi connectivity index (χ3v) is 3.00. The predicted molar refractivity (Wildman–Crippen MR) is 87.2 cm³/mol. The maximum absolute atomic E-state index is 12.0. The number of benzene rings is 2. The van der Waals surface area contributed by atoms with E-state index >= 15 is 0 Å². The number of ketones is 1. The van der Waals surface area contributed by atoms with Crippen molar-refractivity contribution in [3.63, 3.8) is 0 Å². The summed E-state index contributed by atoms with van der Waals surface area (Å²) in [6.07, 6.45) is 2.96. The molecule has 0 aliphatic carbocycles. The van der Waals surface area contributed by atoms with Gasteiger partial charge < -0.3 is 5.32 Å². The molecular weight excluding hydrogens is 296 g/mol. The highest BCUT2D eigenvalue weighted by Crippen LogP contribution is 2.15. The molecule has 2 aromatic rings. The Hall–Kier alpha value is -3.28. The number of hydrogen-bond donors (Lipinski definition) is 1. The first kappa shape index (κ1) is 16.1. The second-order valence-corrected chi connectivity index (χ2v) is 4.81. The molecule has 0 bridgehead atoms. The highest BCUT2D eigenvalue weighted by molar-refractivity contribution is 6.07. The molecular formula is C17H14N2O4. The van der Waals surface area contributed by atoms with Gasteiger partial charge in [0.2, 0.25) is 5.91 Å². The van der Waals surface area contributed by atoms with Gasteiger partial charge in [0.25, 0.3) is 5.69 Å². The number of nitrogens with zero attached hydrogens (tertiary/aromatic N) is 1. The largest absolute Gasteiger partial charge is 0.326 e. The SMILES string of the molecule is CC(=O)Nc1ccc(/C=C/C(=O)c2cccc([N+](=O)[O-])c2)cc1. The lowest BCUT2D eigenvalue weighted by molar-refractivity contribution is -0.384. The zero-order chi connectivity index (χ0) is 16.8. The van der Waals surface area contributed by atoms with E-state index in [9.17, 15) is 19.7 Å². The quantitative estimate of drug-likeness (QED) is 0.396. The third kappa shape index (κ3) is 4.60. The zero-order valence-corrected chi connectivity index (χ0v) is 12.4. The molecule has 116 valence electrons. The average Bonchev–Trinajstić information content (AvgIpc) is 2.53. The van der Waals surface area contributed by atoms with Gasteiger partial charge in [-0.2, -0.15) is 0 Å². The third-order valence-electron chi connectivity index (χ3n) is 3.00. The first-order chi connectivity index (χ1) is 11.0. The molecule has 1 amide bonds. The number of amides is 1. The van der Waals surface area contributed by atoms with Crippen molar-refractivity contribution in [3.8, 4) is 0 Å². The van der Waals surface area contributed by atoms with Crippen LogP contribution in [-0.2, 0) is 4.79 Å². The van der Waals surface area contributed by atoms with E-state index in [1.165, 1.54) is 37.3 Å². The van der Waals surface area contributed by atoms with Crippen LogP contribution in [0.25, 0.3) is 6.08 Å². The smallest absolute Gasteiger partial charge is 0.270 e. The summed E-state index contributed by atoms with van der Waals surface area (Å²) in [5, 5.41) is 13.4. The van der Waals surface area contributed by atoms with Crippen molar-refractivity contribution in [1.29, 1.82) is 0 Å². The van der Waals surface area contributed by atoms with Crippen LogP contribution >= 0.6 is 0 Å². The van der Waals surface area contributed by atoms with E-state index in [2.05, 4.69) is 5.32 Å². The Morgan fingerprint density at radius 1 is 1.13 bits per heavy atom. The molecule has 0 aliphatic rings. The summed E-state index contributed by atoms with van der Waals surface area (Å²) in [5.74, 6) is -0.478. The Labute approximate surface area is 132 Å². The molecule has 0 saturated heterocycles. The van der Waals surface area contributed by atoms with Gasteiger partial charge in [0.05, 0.1) is 4.92 Å². The van der Waals surface area contributed by atoms with Gasteiger partial charge in [0, 0.05) is 30.3 Å². The van der Waals surface area contributed by atoms with Crippen LogP contribution in [0.4, 0.5) is 11.4 Å². The summed E-state index contributed by atoms with van der Waals surface area (Å²) in [6.45, 7) is 1.42. The van der Waals surface area contributed by atoms with Gasteiger partial charge in [0.15, 0.2) is 5.78 Å². The normalized spacial score (nSPS) is 10.5. The highest BCUT2D eigenvalue weighted by atomic mass is 16.6. The number of nitro groups is 1. The van der Waals surface area contributed by atoms with Gasteiger partial charge in [-0.05, 0) is 23.8 Å². The number of hydrogen-bond acceptors (Lipinski definition) is 4. The Morgan fingerprint density at radius 3 is 2.43 bits per heavy atom. The van der Waals surface area contributed by atoms with E-state index in [-0.39, 0.29) is 22.9 Å². The van der Waals surface area contributed by atoms with E-state index in [0.717, 1.165) is 5.56 Å². The lowest BCUT2D eigenvalue weighted by Crippen LogP contribution is -2.05. The van der Waals surface area contributed by atoms with Crippen molar-refractivity contribution in [2.24, 2.45) is 0 Å². The predicted octanol–water partition coefficient (Wildman–Crippen LogP) is 3.45. The summed E-state index contributed by atoms with van der Waals surface area (Å²) in [4.78, 5) is 33.1. The van der Waals surface area contributed by atoms with Crippen LogP contribution in [0.3, 0.4) is 0 Å². The number of rotatable bonds is 5. The molecule has 2 rings (SSSR count). The topological polar surface area (TPSA) is 89.3 Å². The minimum absolute atomic E-state index is 0.121. The summed E-state index contributed by atoms with van der Waals surface area (Å²) in [6, 6.07) is 12.5. The van der Waals surface area contributed by atoms with Gasteiger partial charge in [-0.3, -0.25) is 19.7 Å². The minimum Gasteiger partial charge on any atom is -0.326 e. The molecule has 0 unspecified atom stereocenters. The highest BCUT2D eigenvalue weighted by Gasteiger charge is 2.09. The molecule has 6 nitrogen and oxygen atoms in total. The molecule has 23 heavy (non-hydrogen) atoms. The fraction of sp³-hybridized carbons (Fsp3) is 0.0588. The lowest BCUT2D eigenvalue weighted by Gasteiger charge is -2.01. The lowest BCUT2D eigenvalue weighted by atomic mass is 10.1. The molecule has 0 heterocycles. The number of nitro benzene ring substituents is 1. The molecule has 0 atom stereocenters. The van der Waals surface area contributed by atoms with Crippen LogP contribution in [0.15, 0.2) is 54.6 Å². The zero-order valence-electron chi connectivity index (χ0n) is 12.4. The van der Waals surface area contributed by atoms with Crippen molar-refractivity contribution in [3.05, 3.63) is 75.8 Å². The van der Waals surface area contributed by atoms with E-state index in [1.807, 2.05) is 0 Å². The minimum atomic E-state index is -0.540. The number of carbonyl (C=O) groups excluding carboxylic acids is 2. The molecule has 0 aromatic heterocycles. The standard InChI is InChI=1S/C17H14N2O4/c1-12(20)18-15-8-5-13(6-9-15)7-10-17(21)14-3-2-4-16(11-14)19(22)23/h2-11H,1H3,(H,18,20)/b10-7+. The summed E-state index contributed by atoms with van der Waals surface area (Å²) >= 11 is 0. The van der Waals surface area contributed by atoms with Crippen LogP contribution in [-0.4, -0.2) is 16.6 Å². The van der Waals surface area contributed by atoms with E-state index in [0.29, 0.717) is 5.69 Å². The Morgan fingerprint density at radius 2 is 1.83 bits per heavy atom. The molecule has 0 saturated carbocycles. The number of allylic oxidation sites excluding steroid dienone is 1. The second-order valence-electron chi connectivity index (χ2n) is 4.81.